The summed E-state index contributed by atoms with van der Waals surface area (Å²) < 4.78 is 5.42. The van der Waals surface area contributed by atoms with Crippen molar-refractivity contribution in [1.82, 2.24) is 15.5 Å². The lowest BCUT2D eigenvalue weighted by Crippen LogP contribution is -2.33. The number of aryl methyl sites for hydroxylation is 1. The van der Waals surface area contributed by atoms with Crippen LogP contribution in [-0.4, -0.2) is 16.7 Å². The molecule has 2 aromatic rings. The Hall–Kier alpha value is -1.68. The molecule has 3 rings (SSSR count). The molecule has 1 aromatic heterocycles. The molecule has 1 aromatic carbocycles. The summed E-state index contributed by atoms with van der Waals surface area (Å²) in [4.78, 5) is 4.54. The van der Waals surface area contributed by atoms with Crippen LogP contribution in [0.4, 0.5) is 0 Å². The number of aromatic nitrogens is 2. The smallest absolute Gasteiger partial charge is 0.246 e. The molecule has 18 heavy (non-hydrogen) atoms. The maximum atomic E-state index is 5.42. The van der Waals surface area contributed by atoms with E-state index in [-0.39, 0.29) is 5.54 Å². The lowest BCUT2D eigenvalue weighted by atomic mass is 10.0. The summed E-state index contributed by atoms with van der Waals surface area (Å²) in [5.41, 5.74) is 2.05. The third-order valence-electron chi connectivity index (χ3n) is 3.54. The zero-order valence-corrected chi connectivity index (χ0v) is 10.7. The second-order valence-electron chi connectivity index (χ2n) is 5.16. The van der Waals surface area contributed by atoms with Crippen molar-refractivity contribution in [3.63, 3.8) is 0 Å². The van der Waals surface area contributed by atoms with Crippen molar-refractivity contribution in [3.05, 3.63) is 35.7 Å². The number of rotatable bonds is 2. The normalized spacial score (nSPS) is 23.4. The van der Waals surface area contributed by atoms with Crippen LogP contribution >= 0.6 is 0 Å². The predicted molar refractivity (Wildman–Crippen MR) is 69.1 cm³/mol. The van der Waals surface area contributed by atoms with Crippen molar-refractivity contribution < 1.29 is 4.52 Å². The van der Waals surface area contributed by atoms with Gasteiger partial charge in [-0.2, -0.15) is 4.98 Å². The molecule has 0 spiro atoms. The summed E-state index contributed by atoms with van der Waals surface area (Å²) >= 11 is 0. The third kappa shape index (κ3) is 1.93. The first-order chi connectivity index (χ1) is 8.67. The van der Waals surface area contributed by atoms with Crippen LogP contribution in [0.2, 0.25) is 0 Å². The zero-order chi connectivity index (χ0) is 12.6. The zero-order valence-electron chi connectivity index (χ0n) is 10.7. The highest BCUT2D eigenvalue weighted by atomic mass is 16.5. The minimum absolute atomic E-state index is 0.158. The van der Waals surface area contributed by atoms with Crippen LogP contribution in [0.15, 0.2) is 28.8 Å². The number of nitrogens with zero attached hydrogens (tertiary/aromatic N) is 2. The van der Waals surface area contributed by atoms with Gasteiger partial charge in [0.15, 0.2) is 0 Å². The van der Waals surface area contributed by atoms with E-state index in [1.807, 2.05) is 12.1 Å². The highest BCUT2D eigenvalue weighted by Gasteiger charge is 2.35. The Morgan fingerprint density at radius 3 is 3.00 bits per heavy atom. The Morgan fingerprint density at radius 2 is 2.28 bits per heavy atom. The van der Waals surface area contributed by atoms with Crippen molar-refractivity contribution >= 4 is 0 Å². The molecule has 1 atom stereocenters. The SMILES string of the molecule is Cc1cccc(-c2noc(C3(C)CCCN3)n2)c1. The Balaban J connectivity index is 1.94. The van der Waals surface area contributed by atoms with E-state index in [1.165, 1.54) is 5.56 Å². The minimum atomic E-state index is -0.158. The molecular weight excluding hydrogens is 226 g/mol. The van der Waals surface area contributed by atoms with Gasteiger partial charge in [-0.05, 0) is 39.3 Å². The minimum Gasteiger partial charge on any atom is -0.337 e. The summed E-state index contributed by atoms with van der Waals surface area (Å²) in [5, 5.41) is 7.52. The lowest BCUT2D eigenvalue weighted by molar-refractivity contribution is 0.275. The molecule has 0 saturated carbocycles. The van der Waals surface area contributed by atoms with Crippen molar-refractivity contribution in [2.45, 2.75) is 32.2 Å². The number of benzene rings is 1. The van der Waals surface area contributed by atoms with Crippen molar-refractivity contribution in [3.8, 4) is 11.4 Å². The Labute approximate surface area is 106 Å². The van der Waals surface area contributed by atoms with E-state index < -0.39 is 0 Å². The Bertz CT molecular complexity index is 556. The first kappa shape index (κ1) is 11.4. The molecule has 1 fully saturated rings. The summed E-state index contributed by atoms with van der Waals surface area (Å²) in [6, 6.07) is 8.14. The monoisotopic (exact) mass is 243 g/mol. The standard InChI is InChI=1S/C14H17N3O/c1-10-5-3-6-11(9-10)12-16-13(18-17-12)14(2)7-4-8-15-14/h3,5-6,9,15H,4,7-8H2,1-2H3. The van der Waals surface area contributed by atoms with E-state index in [4.69, 9.17) is 4.52 Å². The summed E-state index contributed by atoms with van der Waals surface area (Å²) in [5.74, 6) is 1.36. The van der Waals surface area contributed by atoms with E-state index in [9.17, 15) is 0 Å². The maximum Gasteiger partial charge on any atom is 0.246 e. The predicted octanol–water partition coefficient (Wildman–Crippen LogP) is 2.64. The molecule has 0 bridgehead atoms. The molecule has 1 aliphatic rings. The van der Waals surface area contributed by atoms with Crippen molar-refractivity contribution in [2.24, 2.45) is 0 Å². The first-order valence-corrected chi connectivity index (χ1v) is 6.34. The number of hydrogen-bond donors (Lipinski definition) is 1. The molecule has 1 aliphatic heterocycles. The van der Waals surface area contributed by atoms with Gasteiger partial charge in [0, 0.05) is 5.56 Å². The van der Waals surface area contributed by atoms with Gasteiger partial charge in [0.05, 0.1) is 5.54 Å². The fraction of sp³-hybridized carbons (Fsp3) is 0.429. The Kier molecular flexibility index (Phi) is 2.67. The van der Waals surface area contributed by atoms with Gasteiger partial charge < -0.3 is 9.84 Å². The van der Waals surface area contributed by atoms with E-state index in [1.54, 1.807) is 0 Å². The largest absolute Gasteiger partial charge is 0.337 e. The van der Waals surface area contributed by atoms with Gasteiger partial charge in [0.2, 0.25) is 11.7 Å². The van der Waals surface area contributed by atoms with Gasteiger partial charge in [-0.3, -0.25) is 0 Å². The van der Waals surface area contributed by atoms with E-state index in [0.29, 0.717) is 11.7 Å². The van der Waals surface area contributed by atoms with Crippen molar-refractivity contribution in [1.29, 1.82) is 0 Å². The number of nitrogens with one attached hydrogen (secondary N) is 1. The van der Waals surface area contributed by atoms with Crippen LogP contribution in [-0.2, 0) is 5.54 Å². The van der Waals surface area contributed by atoms with E-state index in [0.717, 1.165) is 24.9 Å². The number of hydrogen-bond acceptors (Lipinski definition) is 4. The molecule has 1 N–H and O–H groups in total. The average Bonchev–Trinajstić information content (AvgIpc) is 2.98. The Morgan fingerprint density at radius 1 is 1.39 bits per heavy atom. The summed E-state index contributed by atoms with van der Waals surface area (Å²) in [6.45, 7) is 5.19. The molecule has 0 aliphatic carbocycles. The molecule has 1 saturated heterocycles. The third-order valence-corrected chi connectivity index (χ3v) is 3.54. The molecular formula is C14H17N3O. The second kappa shape index (κ2) is 4.21. The van der Waals surface area contributed by atoms with E-state index in [2.05, 4.69) is 41.4 Å². The first-order valence-electron chi connectivity index (χ1n) is 6.34. The fourth-order valence-corrected chi connectivity index (χ4v) is 2.43. The van der Waals surface area contributed by atoms with Crippen LogP contribution in [0.1, 0.15) is 31.2 Å². The maximum absolute atomic E-state index is 5.42. The molecule has 0 amide bonds. The van der Waals surface area contributed by atoms with Gasteiger partial charge in [0.1, 0.15) is 0 Å². The summed E-state index contributed by atoms with van der Waals surface area (Å²) in [6.07, 6.45) is 2.20. The van der Waals surface area contributed by atoms with Gasteiger partial charge in [0.25, 0.3) is 0 Å². The van der Waals surface area contributed by atoms with Gasteiger partial charge >= 0.3 is 0 Å². The quantitative estimate of drug-likeness (QED) is 0.881. The fourth-order valence-electron chi connectivity index (χ4n) is 2.43. The van der Waals surface area contributed by atoms with Gasteiger partial charge in [-0.15, -0.1) is 0 Å². The molecule has 1 unspecified atom stereocenters. The molecule has 4 heteroatoms. The van der Waals surface area contributed by atoms with Crippen LogP contribution < -0.4 is 5.32 Å². The van der Waals surface area contributed by atoms with Crippen molar-refractivity contribution in [2.75, 3.05) is 6.54 Å². The second-order valence-corrected chi connectivity index (χ2v) is 5.16. The van der Waals surface area contributed by atoms with Crippen LogP contribution in [0.3, 0.4) is 0 Å². The molecule has 4 nitrogen and oxygen atoms in total. The molecule has 94 valence electrons. The molecule has 2 heterocycles. The highest BCUT2D eigenvalue weighted by Crippen LogP contribution is 2.30. The van der Waals surface area contributed by atoms with Crippen LogP contribution in [0, 0.1) is 6.92 Å². The lowest BCUT2D eigenvalue weighted by Gasteiger charge is -2.18. The van der Waals surface area contributed by atoms with Crippen LogP contribution in [0.25, 0.3) is 11.4 Å². The van der Waals surface area contributed by atoms with Gasteiger partial charge in [-0.25, -0.2) is 0 Å². The average molecular weight is 243 g/mol. The molecule has 0 radical (unpaired) electrons. The van der Waals surface area contributed by atoms with Crippen LogP contribution in [0.5, 0.6) is 0 Å². The van der Waals surface area contributed by atoms with Gasteiger partial charge in [-0.1, -0.05) is 28.9 Å². The summed E-state index contributed by atoms with van der Waals surface area (Å²) in [7, 11) is 0. The topological polar surface area (TPSA) is 51.0 Å². The highest BCUT2D eigenvalue weighted by molar-refractivity contribution is 5.55. The van der Waals surface area contributed by atoms with E-state index >= 15 is 0 Å².